The van der Waals surface area contributed by atoms with Gasteiger partial charge in [-0.25, -0.2) is 8.78 Å². The van der Waals surface area contributed by atoms with Crippen molar-refractivity contribution in [1.82, 2.24) is 0 Å². The third-order valence-corrected chi connectivity index (χ3v) is 4.17. The summed E-state index contributed by atoms with van der Waals surface area (Å²) in [5.74, 6) is -0.783. The van der Waals surface area contributed by atoms with Gasteiger partial charge in [-0.05, 0) is 25.0 Å². The number of methoxy groups -OCH3 is 2. The summed E-state index contributed by atoms with van der Waals surface area (Å²) in [6.07, 6.45) is -0.207. The Balaban J connectivity index is 2.64. The molecule has 1 aromatic carbocycles. The number of hydrogen-bond donors (Lipinski definition) is 1. The maximum Gasteiger partial charge on any atom is 0.314 e. The quantitative estimate of drug-likeness (QED) is 0.903. The van der Waals surface area contributed by atoms with Crippen molar-refractivity contribution in [3.05, 3.63) is 23.3 Å². The molecule has 1 aliphatic carbocycles. The second-order valence-electron chi connectivity index (χ2n) is 5.19. The standard InChI is InChI=1S/C15H18F2O4/c1-20-11-8-10(12(21-2)7-9(11)13(16)17)15(14(18)19)5-3-4-6-15/h7-8,13H,3-6H2,1-2H3,(H,18,19). The number of rotatable bonds is 5. The first kappa shape index (κ1) is 15.5. The van der Waals surface area contributed by atoms with Crippen LogP contribution in [-0.4, -0.2) is 25.3 Å². The van der Waals surface area contributed by atoms with Gasteiger partial charge in [-0.15, -0.1) is 0 Å². The molecule has 1 N–H and O–H groups in total. The van der Waals surface area contributed by atoms with Crippen molar-refractivity contribution < 1.29 is 28.2 Å². The Kier molecular flexibility index (Phi) is 4.34. The van der Waals surface area contributed by atoms with Gasteiger partial charge in [0.25, 0.3) is 6.43 Å². The van der Waals surface area contributed by atoms with Crippen molar-refractivity contribution in [1.29, 1.82) is 0 Å². The van der Waals surface area contributed by atoms with Crippen LogP contribution in [0, 0.1) is 0 Å². The molecule has 4 nitrogen and oxygen atoms in total. The van der Waals surface area contributed by atoms with Crippen LogP contribution >= 0.6 is 0 Å². The average molecular weight is 300 g/mol. The topological polar surface area (TPSA) is 55.8 Å². The van der Waals surface area contributed by atoms with Crippen LogP contribution < -0.4 is 9.47 Å². The van der Waals surface area contributed by atoms with E-state index in [0.717, 1.165) is 12.8 Å². The molecule has 1 aromatic rings. The molecule has 0 heterocycles. The number of hydrogen-bond acceptors (Lipinski definition) is 3. The Labute approximate surface area is 121 Å². The summed E-state index contributed by atoms with van der Waals surface area (Å²) in [7, 11) is 2.64. The monoisotopic (exact) mass is 300 g/mol. The van der Waals surface area contributed by atoms with E-state index >= 15 is 0 Å². The fraction of sp³-hybridized carbons (Fsp3) is 0.533. The molecule has 116 valence electrons. The average Bonchev–Trinajstić information content (AvgIpc) is 2.96. The first-order valence-corrected chi connectivity index (χ1v) is 6.74. The number of benzene rings is 1. The maximum absolute atomic E-state index is 13.0. The molecule has 0 radical (unpaired) electrons. The summed E-state index contributed by atoms with van der Waals surface area (Å²) in [6, 6.07) is 2.57. The predicted molar refractivity (Wildman–Crippen MR) is 72.3 cm³/mol. The van der Waals surface area contributed by atoms with E-state index < -0.39 is 17.8 Å². The fourth-order valence-electron chi connectivity index (χ4n) is 3.04. The molecule has 6 heteroatoms. The van der Waals surface area contributed by atoms with Crippen LogP contribution in [0.3, 0.4) is 0 Å². The molecule has 1 fully saturated rings. The lowest BCUT2D eigenvalue weighted by atomic mass is 9.78. The van der Waals surface area contributed by atoms with Gasteiger partial charge < -0.3 is 14.6 Å². The molecule has 1 saturated carbocycles. The predicted octanol–water partition coefficient (Wildman–Crippen LogP) is 3.54. The molecule has 21 heavy (non-hydrogen) atoms. The molecule has 0 aromatic heterocycles. The molecular formula is C15H18F2O4. The van der Waals surface area contributed by atoms with Crippen LogP contribution in [0.25, 0.3) is 0 Å². The molecule has 1 aliphatic rings. The van der Waals surface area contributed by atoms with E-state index in [-0.39, 0.29) is 17.1 Å². The summed E-state index contributed by atoms with van der Waals surface area (Å²) in [6.45, 7) is 0. The molecule has 0 amide bonds. The highest BCUT2D eigenvalue weighted by Crippen LogP contribution is 2.48. The number of carboxylic acids is 1. The largest absolute Gasteiger partial charge is 0.496 e. The van der Waals surface area contributed by atoms with Crippen molar-refractivity contribution in [3.63, 3.8) is 0 Å². The van der Waals surface area contributed by atoms with E-state index in [1.165, 1.54) is 26.4 Å². The Hall–Kier alpha value is -1.85. The Morgan fingerprint density at radius 3 is 2.19 bits per heavy atom. The lowest BCUT2D eigenvalue weighted by molar-refractivity contribution is -0.143. The van der Waals surface area contributed by atoms with Crippen molar-refractivity contribution in [2.75, 3.05) is 14.2 Å². The lowest BCUT2D eigenvalue weighted by Crippen LogP contribution is -2.33. The molecule has 2 rings (SSSR count). The summed E-state index contributed by atoms with van der Waals surface area (Å²) in [5.41, 5.74) is -0.966. The van der Waals surface area contributed by atoms with E-state index in [4.69, 9.17) is 9.47 Å². The normalized spacial score (nSPS) is 17.0. The highest BCUT2D eigenvalue weighted by atomic mass is 19.3. The third kappa shape index (κ3) is 2.54. The summed E-state index contributed by atoms with van der Waals surface area (Å²) in [5, 5.41) is 9.63. The van der Waals surface area contributed by atoms with Crippen LogP contribution in [0.2, 0.25) is 0 Å². The summed E-state index contributed by atoms with van der Waals surface area (Å²) >= 11 is 0. The fourth-order valence-corrected chi connectivity index (χ4v) is 3.04. The minimum absolute atomic E-state index is 0.00618. The van der Waals surface area contributed by atoms with E-state index in [1.807, 2.05) is 0 Å². The number of ether oxygens (including phenoxy) is 2. The highest BCUT2D eigenvalue weighted by Gasteiger charge is 2.45. The van der Waals surface area contributed by atoms with Crippen molar-refractivity contribution in [2.45, 2.75) is 37.5 Å². The zero-order valence-electron chi connectivity index (χ0n) is 12.0. The molecule has 0 atom stereocenters. The second kappa shape index (κ2) is 5.87. The van der Waals surface area contributed by atoms with Crippen LogP contribution in [0.1, 0.15) is 43.2 Å². The van der Waals surface area contributed by atoms with Gasteiger partial charge in [0, 0.05) is 5.56 Å². The zero-order chi connectivity index (χ0) is 15.6. The first-order chi connectivity index (χ1) is 9.96. The van der Waals surface area contributed by atoms with Gasteiger partial charge in [0.15, 0.2) is 0 Å². The molecule has 0 bridgehead atoms. The van der Waals surface area contributed by atoms with E-state index in [1.54, 1.807) is 0 Å². The number of aliphatic carboxylic acids is 1. The smallest absolute Gasteiger partial charge is 0.314 e. The molecule has 0 aliphatic heterocycles. The first-order valence-electron chi connectivity index (χ1n) is 6.74. The molecular weight excluding hydrogens is 282 g/mol. The van der Waals surface area contributed by atoms with E-state index in [0.29, 0.717) is 18.4 Å². The maximum atomic E-state index is 13.0. The minimum atomic E-state index is -2.72. The second-order valence-corrected chi connectivity index (χ2v) is 5.19. The SMILES string of the molecule is COc1cc(C2(C(=O)O)CCCC2)c(OC)cc1C(F)F. The molecule has 0 unspecified atom stereocenters. The van der Waals surface area contributed by atoms with Crippen molar-refractivity contribution in [3.8, 4) is 11.5 Å². The van der Waals surface area contributed by atoms with Crippen LogP contribution in [0.5, 0.6) is 11.5 Å². The number of carbonyl (C=O) groups is 1. The third-order valence-electron chi connectivity index (χ3n) is 4.17. The van der Waals surface area contributed by atoms with Gasteiger partial charge in [0.05, 0.1) is 25.2 Å². The van der Waals surface area contributed by atoms with Crippen LogP contribution in [0.4, 0.5) is 8.78 Å². The van der Waals surface area contributed by atoms with Gasteiger partial charge in [0.2, 0.25) is 0 Å². The lowest BCUT2D eigenvalue weighted by Gasteiger charge is -2.27. The van der Waals surface area contributed by atoms with Gasteiger partial charge in [0.1, 0.15) is 11.5 Å². The summed E-state index contributed by atoms with van der Waals surface area (Å²) in [4.78, 5) is 11.8. The van der Waals surface area contributed by atoms with Crippen molar-refractivity contribution in [2.24, 2.45) is 0 Å². The van der Waals surface area contributed by atoms with Gasteiger partial charge in [-0.1, -0.05) is 12.8 Å². The Morgan fingerprint density at radius 1 is 1.19 bits per heavy atom. The molecule has 0 saturated heterocycles. The van der Waals surface area contributed by atoms with Gasteiger partial charge in [-0.3, -0.25) is 4.79 Å². The Morgan fingerprint density at radius 2 is 1.76 bits per heavy atom. The van der Waals surface area contributed by atoms with Crippen LogP contribution in [-0.2, 0) is 10.2 Å². The van der Waals surface area contributed by atoms with Crippen molar-refractivity contribution >= 4 is 5.97 Å². The minimum Gasteiger partial charge on any atom is -0.496 e. The van der Waals surface area contributed by atoms with E-state index in [2.05, 4.69) is 0 Å². The molecule has 0 spiro atoms. The van der Waals surface area contributed by atoms with Gasteiger partial charge >= 0.3 is 5.97 Å². The van der Waals surface area contributed by atoms with Gasteiger partial charge in [-0.2, -0.15) is 0 Å². The highest BCUT2D eigenvalue weighted by molar-refractivity contribution is 5.83. The summed E-state index contributed by atoms with van der Waals surface area (Å²) < 4.78 is 36.3. The Bertz CT molecular complexity index is 537. The van der Waals surface area contributed by atoms with E-state index in [9.17, 15) is 18.7 Å². The van der Waals surface area contributed by atoms with Crippen LogP contribution in [0.15, 0.2) is 12.1 Å². The number of alkyl halides is 2. The zero-order valence-corrected chi connectivity index (χ0v) is 12.0. The number of halogens is 2. The number of carboxylic acid groups (broad SMARTS) is 1.